The maximum absolute atomic E-state index is 10.9. The van der Waals surface area contributed by atoms with Crippen molar-refractivity contribution < 1.29 is 9.53 Å². The molecular formula is C12H10BrN3O2. The van der Waals surface area contributed by atoms with Crippen molar-refractivity contribution in [3.05, 3.63) is 46.6 Å². The van der Waals surface area contributed by atoms with Crippen molar-refractivity contribution >= 4 is 27.5 Å². The van der Waals surface area contributed by atoms with E-state index in [0.29, 0.717) is 27.4 Å². The quantitative estimate of drug-likeness (QED) is 0.910. The smallest absolute Gasteiger partial charge is 0.248 e. The number of pyridine rings is 1. The van der Waals surface area contributed by atoms with Gasteiger partial charge in [0.2, 0.25) is 11.8 Å². The zero-order valence-electron chi connectivity index (χ0n) is 9.26. The van der Waals surface area contributed by atoms with Crippen LogP contribution in [0.15, 0.2) is 41.0 Å². The third kappa shape index (κ3) is 2.78. The Morgan fingerprint density at radius 2 is 1.94 bits per heavy atom. The fraction of sp³-hybridized carbons (Fsp3) is 0. The van der Waals surface area contributed by atoms with Crippen LogP contribution in [-0.2, 0) is 0 Å². The zero-order chi connectivity index (χ0) is 13.1. The van der Waals surface area contributed by atoms with Crippen LogP contribution in [0.4, 0.5) is 5.69 Å². The zero-order valence-corrected chi connectivity index (χ0v) is 10.8. The monoisotopic (exact) mass is 307 g/mol. The lowest BCUT2D eigenvalue weighted by molar-refractivity contribution is 0.100. The van der Waals surface area contributed by atoms with Crippen LogP contribution >= 0.6 is 15.9 Å². The molecule has 5 nitrogen and oxygen atoms in total. The summed E-state index contributed by atoms with van der Waals surface area (Å²) in [6, 6.07) is 8.15. The Hall–Kier alpha value is -2.08. The third-order valence-corrected chi connectivity index (χ3v) is 2.75. The lowest BCUT2D eigenvalue weighted by atomic mass is 10.2. The van der Waals surface area contributed by atoms with Crippen LogP contribution in [-0.4, -0.2) is 10.9 Å². The van der Waals surface area contributed by atoms with E-state index in [9.17, 15) is 4.79 Å². The van der Waals surface area contributed by atoms with Crippen LogP contribution in [0.25, 0.3) is 0 Å². The van der Waals surface area contributed by atoms with Gasteiger partial charge < -0.3 is 16.2 Å². The second-order valence-corrected chi connectivity index (χ2v) is 4.40. The molecule has 0 saturated heterocycles. The molecule has 0 bridgehead atoms. The Balaban J connectivity index is 2.21. The van der Waals surface area contributed by atoms with Gasteiger partial charge in [0.25, 0.3) is 0 Å². The first-order chi connectivity index (χ1) is 8.56. The van der Waals surface area contributed by atoms with Crippen LogP contribution in [0.2, 0.25) is 0 Å². The number of benzene rings is 1. The summed E-state index contributed by atoms with van der Waals surface area (Å²) in [5.74, 6) is 0.474. The summed E-state index contributed by atoms with van der Waals surface area (Å²) in [5.41, 5.74) is 11.7. The van der Waals surface area contributed by atoms with Gasteiger partial charge in [0.15, 0.2) is 0 Å². The van der Waals surface area contributed by atoms with Crippen molar-refractivity contribution in [2.45, 2.75) is 0 Å². The van der Waals surface area contributed by atoms with Crippen LogP contribution in [0.1, 0.15) is 10.4 Å². The minimum atomic E-state index is -0.478. The van der Waals surface area contributed by atoms with Crippen molar-refractivity contribution in [3.8, 4) is 11.6 Å². The lowest BCUT2D eigenvalue weighted by Crippen LogP contribution is -2.10. The minimum absolute atomic E-state index is 0.399. The number of carbonyl (C=O) groups is 1. The lowest BCUT2D eigenvalue weighted by Gasteiger charge is -2.07. The normalized spacial score (nSPS) is 10.1. The standard InChI is InChI=1S/C12H10BrN3O2/c13-10-5-8(14)6-16-12(10)18-9-3-1-7(2-4-9)11(15)17/h1-6H,14H2,(H2,15,17). The molecule has 1 aromatic heterocycles. The maximum atomic E-state index is 10.9. The molecule has 0 radical (unpaired) electrons. The molecule has 0 fully saturated rings. The molecule has 1 aromatic carbocycles. The van der Waals surface area contributed by atoms with E-state index in [1.54, 1.807) is 30.3 Å². The van der Waals surface area contributed by atoms with E-state index in [2.05, 4.69) is 20.9 Å². The van der Waals surface area contributed by atoms with E-state index in [-0.39, 0.29) is 0 Å². The number of anilines is 1. The highest BCUT2D eigenvalue weighted by molar-refractivity contribution is 9.10. The van der Waals surface area contributed by atoms with E-state index >= 15 is 0 Å². The summed E-state index contributed by atoms with van der Waals surface area (Å²) in [7, 11) is 0. The molecule has 1 amide bonds. The van der Waals surface area contributed by atoms with Crippen molar-refractivity contribution in [2.75, 3.05) is 5.73 Å². The molecule has 0 aliphatic heterocycles. The topological polar surface area (TPSA) is 91.2 Å². The Morgan fingerprint density at radius 1 is 1.28 bits per heavy atom. The van der Waals surface area contributed by atoms with Gasteiger partial charge in [0.05, 0.1) is 16.4 Å². The van der Waals surface area contributed by atoms with Gasteiger partial charge in [-0.05, 0) is 46.3 Å². The van der Waals surface area contributed by atoms with Crippen molar-refractivity contribution in [1.29, 1.82) is 0 Å². The molecule has 0 aliphatic rings. The summed E-state index contributed by atoms with van der Waals surface area (Å²) >= 11 is 3.30. The summed E-state index contributed by atoms with van der Waals surface area (Å²) in [6.45, 7) is 0. The molecule has 0 spiro atoms. The molecule has 1 heterocycles. The summed E-state index contributed by atoms with van der Waals surface area (Å²) in [4.78, 5) is 15.0. The number of aromatic nitrogens is 1. The fourth-order valence-electron chi connectivity index (χ4n) is 1.31. The summed E-state index contributed by atoms with van der Waals surface area (Å²) in [6.07, 6.45) is 1.50. The number of primary amides is 1. The van der Waals surface area contributed by atoms with E-state index in [4.69, 9.17) is 16.2 Å². The number of nitrogens with two attached hydrogens (primary N) is 2. The first-order valence-corrected chi connectivity index (χ1v) is 5.84. The SMILES string of the molecule is NC(=O)c1ccc(Oc2ncc(N)cc2Br)cc1. The Labute approximate surface area is 112 Å². The molecule has 2 rings (SSSR count). The van der Waals surface area contributed by atoms with Gasteiger partial charge in [0.1, 0.15) is 5.75 Å². The highest BCUT2D eigenvalue weighted by atomic mass is 79.9. The Bertz CT molecular complexity index is 584. The molecular weight excluding hydrogens is 298 g/mol. The van der Waals surface area contributed by atoms with Crippen LogP contribution in [0.5, 0.6) is 11.6 Å². The highest BCUT2D eigenvalue weighted by Gasteiger charge is 2.06. The molecule has 0 saturated carbocycles. The number of nitrogens with zero attached hydrogens (tertiary/aromatic N) is 1. The van der Waals surface area contributed by atoms with Gasteiger partial charge in [0, 0.05) is 5.56 Å². The number of hydrogen-bond acceptors (Lipinski definition) is 4. The van der Waals surface area contributed by atoms with Crippen LogP contribution < -0.4 is 16.2 Å². The van der Waals surface area contributed by atoms with Gasteiger partial charge in [-0.15, -0.1) is 0 Å². The molecule has 4 N–H and O–H groups in total. The molecule has 0 atom stereocenters. The van der Waals surface area contributed by atoms with Crippen molar-refractivity contribution in [1.82, 2.24) is 4.98 Å². The third-order valence-electron chi connectivity index (χ3n) is 2.18. The number of rotatable bonds is 3. The minimum Gasteiger partial charge on any atom is -0.438 e. The second kappa shape index (κ2) is 5.05. The van der Waals surface area contributed by atoms with Crippen molar-refractivity contribution in [3.63, 3.8) is 0 Å². The Kier molecular flexibility index (Phi) is 3.47. The molecule has 0 unspecified atom stereocenters. The van der Waals surface area contributed by atoms with Gasteiger partial charge in [-0.2, -0.15) is 0 Å². The predicted molar refractivity (Wildman–Crippen MR) is 71.4 cm³/mol. The van der Waals surface area contributed by atoms with Crippen molar-refractivity contribution in [2.24, 2.45) is 5.73 Å². The number of carbonyl (C=O) groups excluding carboxylic acids is 1. The summed E-state index contributed by atoms with van der Waals surface area (Å²) < 4.78 is 6.19. The van der Waals surface area contributed by atoms with Gasteiger partial charge in [-0.25, -0.2) is 4.98 Å². The number of halogens is 1. The van der Waals surface area contributed by atoms with Crippen LogP contribution in [0, 0.1) is 0 Å². The largest absolute Gasteiger partial charge is 0.438 e. The number of ether oxygens (including phenoxy) is 1. The van der Waals surface area contributed by atoms with Gasteiger partial charge in [-0.3, -0.25) is 4.79 Å². The van der Waals surface area contributed by atoms with E-state index in [1.165, 1.54) is 6.20 Å². The number of hydrogen-bond donors (Lipinski definition) is 2. The maximum Gasteiger partial charge on any atom is 0.248 e. The van der Waals surface area contributed by atoms with E-state index in [0.717, 1.165) is 0 Å². The van der Waals surface area contributed by atoms with Gasteiger partial charge in [-0.1, -0.05) is 0 Å². The second-order valence-electron chi connectivity index (χ2n) is 3.55. The summed E-state index contributed by atoms with van der Waals surface area (Å²) in [5, 5.41) is 0. The van der Waals surface area contributed by atoms with Gasteiger partial charge >= 0.3 is 0 Å². The first-order valence-electron chi connectivity index (χ1n) is 5.05. The average Bonchev–Trinajstić information content (AvgIpc) is 2.33. The first kappa shape index (κ1) is 12.4. The molecule has 0 aliphatic carbocycles. The van der Waals surface area contributed by atoms with Crippen LogP contribution in [0.3, 0.4) is 0 Å². The predicted octanol–water partition coefficient (Wildman–Crippen LogP) is 2.32. The fourth-order valence-corrected chi connectivity index (χ4v) is 1.76. The molecule has 18 heavy (non-hydrogen) atoms. The molecule has 92 valence electrons. The molecule has 6 heteroatoms. The average molecular weight is 308 g/mol. The number of nitrogen functional groups attached to an aromatic ring is 1. The van der Waals surface area contributed by atoms with E-state index in [1.807, 2.05) is 0 Å². The Morgan fingerprint density at radius 3 is 2.50 bits per heavy atom. The highest BCUT2D eigenvalue weighted by Crippen LogP contribution is 2.28. The number of amides is 1. The van der Waals surface area contributed by atoms with E-state index < -0.39 is 5.91 Å². The molecule has 2 aromatic rings.